The molecule has 0 bridgehead atoms. The quantitative estimate of drug-likeness (QED) is 0.784. The Labute approximate surface area is 147 Å². The Morgan fingerprint density at radius 3 is 2.40 bits per heavy atom. The highest BCUT2D eigenvalue weighted by Crippen LogP contribution is 2.32. The second-order valence-electron chi connectivity index (χ2n) is 6.84. The number of esters is 1. The van der Waals surface area contributed by atoms with Gasteiger partial charge < -0.3 is 9.47 Å². The molecule has 1 aromatic carbocycles. The van der Waals surface area contributed by atoms with Crippen LogP contribution < -0.4 is 0 Å². The van der Waals surface area contributed by atoms with E-state index < -0.39 is 35.5 Å². The molecule has 1 aliphatic heterocycles. The van der Waals surface area contributed by atoms with Crippen LogP contribution in [0.2, 0.25) is 0 Å². The highest BCUT2D eigenvalue weighted by Gasteiger charge is 2.40. The largest absolute Gasteiger partial charge is 0.469 e. The van der Waals surface area contributed by atoms with Crippen molar-refractivity contribution < 1.29 is 23.9 Å². The summed E-state index contributed by atoms with van der Waals surface area (Å²) in [4.78, 5) is 37.7. The van der Waals surface area contributed by atoms with E-state index in [1.54, 1.807) is 26.8 Å². The molecule has 0 aliphatic carbocycles. The van der Waals surface area contributed by atoms with E-state index in [4.69, 9.17) is 9.47 Å². The summed E-state index contributed by atoms with van der Waals surface area (Å²) in [5.41, 5.74) is 0.112. The van der Waals surface area contributed by atoms with Crippen molar-refractivity contribution in [3.63, 3.8) is 0 Å². The predicted octanol–water partition coefficient (Wildman–Crippen LogP) is 3.04. The minimum Gasteiger partial charge on any atom is -0.469 e. The number of benzene rings is 1. The van der Waals surface area contributed by atoms with Crippen molar-refractivity contribution in [2.75, 3.05) is 7.11 Å². The third-order valence-electron chi connectivity index (χ3n) is 3.82. The molecule has 6 heteroatoms. The van der Waals surface area contributed by atoms with Gasteiger partial charge in [-0.1, -0.05) is 36.4 Å². The van der Waals surface area contributed by atoms with Crippen molar-refractivity contribution >= 4 is 18.0 Å². The van der Waals surface area contributed by atoms with Gasteiger partial charge in [-0.2, -0.15) is 0 Å². The first-order valence-electron chi connectivity index (χ1n) is 8.09. The summed E-state index contributed by atoms with van der Waals surface area (Å²) in [6.07, 6.45) is 2.29. The summed E-state index contributed by atoms with van der Waals surface area (Å²) in [7, 11) is 1.31. The van der Waals surface area contributed by atoms with Gasteiger partial charge in [0, 0.05) is 12.0 Å². The van der Waals surface area contributed by atoms with Crippen LogP contribution in [0.15, 0.2) is 42.5 Å². The highest BCUT2D eigenvalue weighted by atomic mass is 16.6. The Hall–Kier alpha value is -2.63. The van der Waals surface area contributed by atoms with E-state index in [1.807, 2.05) is 30.3 Å². The standard InChI is InChI=1S/C19H23NO5/c1-19(2,3)25-18(23)20-15(10-11-16(20)21)14(12-17(22)24-4)13-8-6-5-7-9-13/h5-11,14-15H,12H2,1-4H3/t14?,15-/m0/s1. The summed E-state index contributed by atoms with van der Waals surface area (Å²) in [6.45, 7) is 5.20. The monoisotopic (exact) mass is 345 g/mol. The molecule has 25 heavy (non-hydrogen) atoms. The van der Waals surface area contributed by atoms with Crippen LogP contribution in [0.3, 0.4) is 0 Å². The topological polar surface area (TPSA) is 72.9 Å². The van der Waals surface area contributed by atoms with Gasteiger partial charge in [-0.3, -0.25) is 9.59 Å². The van der Waals surface area contributed by atoms with Gasteiger partial charge in [-0.25, -0.2) is 9.69 Å². The van der Waals surface area contributed by atoms with Crippen LogP contribution >= 0.6 is 0 Å². The Kier molecular flexibility index (Phi) is 5.62. The number of nitrogens with zero attached hydrogens (tertiary/aromatic N) is 1. The lowest BCUT2D eigenvalue weighted by atomic mass is 9.88. The van der Waals surface area contributed by atoms with E-state index in [0.29, 0.717) is 0 Å². The lowest BCUT2D eigenvalue weighted by molar-refractivity contribution is -0.141. The number of methoxy groups -OCH3 is 1. The number of amides is 2. The highest BCUT2D eigenvalue weighted by molar-refractivity contribution is 6.01. The minimum atomic E-state index is -0.727. The molecular weight excluding hydrogens is 322 g/mol. The number of carbonyl (C=O) groups is 3. The number of carbonyl (C=O) groups excluding carboxylic acids is 3. The number of imide groups is 1. The molecule has 2 atom stereocenters. The van der Waals surface area contributed by atoms with E-state index in [2.05, 4.69) is 0 Å². The summed E-state index contributed by atoms with van der Waals surface area (Å²) in [6, 6.07) is 8.66. The van der Waals surface area contributed by atoms with Crippen molar-refractivity contribution in [2.24, 2.45) is 0 Å². The van der Waals surface area contributed by atoms with Crippen LogP contribution in [-0.2, 0) is 19.1 Å². The molecule has 0 saturated carbocycles. The van der Waals surface area contributed by atoms with Crippen LogP contribution in [-0.4, -0.2) is 41.6 Å². The SMILES string of the molecule is COC(=O)CC(c1ccccc1)[C@@H]1C=CC(=O)N1C(=O)OC(C)(C)C. The number of ether oxygens (including phenoxy) is 2. The molecule has 1 aliphatic rings. The lowest BCUT2D eigenvalue weighted by Gasteiger charge is -2.31. The molecule has 0 radical (unpaired) electrons. The first-order valence-corrected chi connectivity index (χ1v) is 8.09. The van der Waals surface area contributed by atoms with Crippen molar-refractivity contribution in [1.82, 2.24) is 4.90 Å². The Bertz CT molecular complexity index is 675. The number of hydrogen-bond acceptors (Lipinski definition) is 5. The molecule has 0 fully saturated rings. The first-order chi connectivity index (χ1) is 11.7. The normalized spacial score (nSPS) is 18.2. The molecule has 2 rings (SSSR count). The van der Waals surface area contributed by atoms with Crippen molar-refractivity contribution in [3.8, 4) is 0 Å². The fraction of sp³-hybridized carbons (Fsp3) is 0.421. The molecule has 6 nitrogen and oxygen atoms in total. The lowest BCUT2D eigenvalue weighted by Crippen LogP contribution is -2.45. The van der Waals surface area contributed by atoms with Crippen LogP contribution in [0.1, 0.15) is 38.7 Å². The molecule has 0 spiro atoms. The molecule has 1 heterocycles. The van der Waals surface area contributed by atoms with Crippen LogP contribution in [0, 0.1) is 0 Å². The maximum absolute atomic E-state index is 12.5. The average molecular weight is 345 g/mol. The van der Waals surface area contributed by atoms with E-state index >= 15 is 0 Å². The zero-order chi connectivity index (χ0) is 18.6. The maximum atomic E-state index is 12.5. The summed E-state index contributed by atoms with van der Waals surface area (Å²) in [5, 5.41) is 0. The van der Waals surface area contributed by atoms with Gasteiger partial charge in [-0.15, -0.1) is 0 Å². The molecule has 1 unspecified atom stereocenters. The fourth-order valence-corrected chi connectivity index (χ4v) is 2.73. The van der Waals surface area contributed by atoms with Gasteiger partial charge in [-0.05, 0) is 26.3 Å². The van der Waals surface area contributed by atoms with Crippen LogP contribution in [0.5, 0.6) is 0 Å². The van der Waals surface area contributed by atoms with Gasteiger partial charge in [0.25, 0.3) is 5.91 Å². The summed E-state index contributed by atoms with van der Waals surface area (Å²) >= 11 is 0. The predicted molar refractivity (Wildman–Crippen MR) is 91.8 cm³/mol. The Balaban J connectivity index is 2.34. The van der Waals surface area contributed by atoms with Gasteiger partial charge >= 0.3 is 12.1 Å². The fourth-order valence-electron chi connectivity index (χ4n) is 2.73. The molecule has 134 valence electrons. The third kappa shape index (κ3) is 4.68. The smallest absolute Gasteiger partial charge is 0.417 e. The van der Waals surface area contributed by atoms with Gasteiger partial charge in [0.15, 0.2) is 0 Å². The van der Waals surface area contributed by atoms with Gasteiger partial charge in [0.05, 0.1) is 19.6 Å². The van der Waals surface area contributed by atoms with Crippen molar-refractivity contribution in [2.45, 2.75) is 44.8 Å². The maximum Gasteiger partial charge on any atom is 0.417 e. The Morgan fingerprint density at radius 2 is 1.84 bits per heavy atom. The second-order valence-corrected chi connectivity index (χ2v) is 6.84. The molecule has 0 saturated heterocycles. The second kappa shape index (κ2) is 7.51. The molecule has 0 aromatic heterocycles. The summed E-state index contributed by atoms with van der Waals surface area (Å²) in [5.74, 6) is -1.28. The van der Waals surface area contributed by atoms with E-state index in [1.165, 1.54) is 13.2 Å². The first kappa shape index (κ1) is 18.7. The molecule has 2 amide bonds. The zero-order valence-corrected chi connectivity index (χ0v) is 14.9. The average Bonchev–Trinajstić information content (AvgIpc) is 2.93. The van der Waals surface area contributed by atoms with E-state index in [9.17, 15) is 14.4 Å². The Morgan fingerprint density at radius 1 is 1.20 bits per heavy atom. The molecule has 1 aromatic rings. The molecule has 0 N–H and O–H groups in total. The summed E-state index contributed by atoms with van der Waals surface area (Å²) < 4.78 is 10.1. The van der Waals surface area contributed by atoms with E-state index in [0.717, 1.165) is 10.5 Å². The van der Waals surface area contributed by atoms with Gasteiger partial charge in [0.1, 0.15) is 5.60 Å². The zero-order valence-electron chi connectivity index (χ0n) is 14.9. The number of hydrogen-bond donors (Lipinski definition) is 0. The van der Waals surface area contributed by atoms with Crippen LogP contribution in [0.4, 0.5) is 4.79 Å². The van der Waals surface area contributed by atoms with Crippen molar-refractivity contribution in [3.05, 3.63) is 48.0 Å². The van der Waals surface area contributed by atoms with Crippen molar-refractivity contribution in [1.29, 1.82) is 0 Å². The number of rotatable bonds is 4. The van der Waals surface area contributed by atoms with Gasteiger partial charge in [0.2, 0.25) is 0 Å². The van der Waals surface area contributed by atoms with E-state index in [-0.39, 0.29) is 6.42 Å². The third-order valence-corrected chi connectivity index (χ3v) is 3.82. The molecular formula is C19H23NO5. The van der Waals surface area contributed by atoms with Crippen LogP contribution in [0.25, 0.3) is 0 Å². The minimum absolute atomic E-state index is 0.0437.